The van der Waals surface area contributed by atoms with Crippen LogP contribution in [0.1, 0.15) is 6.42 Å². The van der Waals surface area contributed by atoms with Crippen LogP contribution < -0.4 is 20.3 Å². The first-order chi connectivity index (χ1) is 11.5. The van der Waals surface area contributed by atoms with Gasteiger partial charge in [0.25, 0.3) is 5.69 Å². The van der Waals surface area contributed by atoms with Crippen LogP contribution in [-0.4, -0.2) is 49.4 Å². The molecule has 0 fully saturated rings. The van der Waals surface area contributed by atoms with Gasteiger partial charge < -0.3 is 20.3 Å². The van der Waals surface area contributed by atoms with Gasteiger partial charge in [-0.3, -0.25) is 19.7 Å². The lowest BCUT2D eigenvalue weighted by Gasteiger charge is -2.28. The summed E-state index contributed by atoms with van der Waals surface area (Å²) in [6.45, 7) is 0.628. The molecule has 0 aliphatic carbocycles. The number of hydrogen-bond acceptors (Lipinski definition) is 7. The number of nitrogens with one attached hydrogen (secondary N) is 2. The average Bonchev–Trinajstić information content (AvgIpc) is 2.53. The van der Waals surface area contributed by atoms with Crippen LogP contribution in [0.2, 0.25) is 0 Å². The summed E-state index contributed by atoms with van der Waals surface area (Å²) in [6, 6.07) is 3.89. The van der Waals surface area contributed by atoms with E-state index in [0.717, 1.165) is 6.07 Å². The molecule has 0 saturated heterocycles. The van der Waals surface area contributed by atoms with Gasteiger partial charge in [-0.15, -0.1) is 0 Å². The van der Waals surface area contributed by atoms with Gasteiger partial charge in [0.2, 0.25) is 12.3 Å². The molecule has 2 amide bonds. The van der Waals surface area contributed by atoms with Gasteiger partial charge in [-0.2, -0.15) is 0 Å². The molecule has 2 rings (SSSR count). The van der Waals surface area contributed by atoms with Crippen molar-refractivity contribution in [1.29, 1.82) is 0 Å². The van der Waals surface area contributed by atoms with Crippen molar-refractivity contribution in [3.8, 4) is 5.75 Å². The van der Waals surface area contributed by atoms with Gasteiger partial charge in [-0.25, -0.2) is 4.79 Å². The van der Waals surface area contributed by atoms with Gasteiger partial charge in [-0.1, -0.05) is 0 Å². The van der Waals surface area contributed by atoms with Gasteiger partial charge in [-0.05, 0) is 12.5 Å². The van der Waals surface area contributed by atoms with E-state index in [1.54, 1.807) is 0 Å². The summed E-state index contributed by atoms with van der Waals surface area (Å²) in [4.78, 5) is 45.3. The molecule has 0 atom stereocenters. The number of amides is 2. The molecule has 0 bridgehead atoms. The Balaban J connectivity index is 1.99. The van der Waals surface area contributed by atoms with Crippen molar-refractivity contribution in [1.82, 2.24) is 10.6 Å². The Morgan fingerprint density at radius 3 is 2.92 bits per heavy atom. The minimum absolute atomic E-state index is 0.0587. The Bertz CT molecular complexity index is 663. The number of fused-ring (bicyclic) bond motifs is 1. The van der Waals surface area contributed by atoms with Crippen LogP contribution >= 0.6 is 0 Å². The number of carbonyl (C=O) groups is 3. The summed E-state index contributed by atoms with van der Waals surface area (Å²) in [5.74, 6) is -0.838. The van der Waals surface area contributed by atoms with E-state index >= 15 is 0 Å². The molecule has 1 aromatic rings. The van der Waals surface area contributed by atoms with Gasteiger partial charge in [0.1, 0.15) is 6.54 Å². The van der Waals surface area contributed by atoms with Crippen LogP contribution in [0.4, 0.5) is 11.4 Å². The zero-order valence-corrected chi connectivity index (χ0v) is 12.7. The highest BCUT2D eigenvalue weighted by Gasteiger charge is 2.27. The van der Waals surface area contributed by atoms with Gasteiger partial charge in [0.15, 0.2) is 5.75 Å². The molecule has 1 aliphatic rings. The first-order valence-corrected chi connectivity index (χ1v) is 7.19. The number of anilines is 1. The lowest BCUT2D eigenvalue weighted by molar-refractivity contribution is -0.384. The summed E-state index contributed by atoms with van der Waals surface area (Å²) in [6.07, 6.45) is 1.16. The lowest BCUT2D eigenvalue weighted by Crippen LogP contribution is -2.43. The average molecular weight is 336 g/mol. The quantitative estimate of drug-likeness (QED) is 0.164. The SMILES string of the molecule is O=CNCCCNC(=O)CN1CC(=O)Oc2cc([N+](=O)[O-])ccc21. The Morgan fingerprint density at radius 2 is 2.21 bits per heavy atom. The van der Waals surface area contributed by atoms with E-state index in [4.69, 9.17) is 4.74 Å². The zero-order valence-electron chi connectivity index (χ0n) is 12.7. The second-order valence-electron chi connectivity index (χ2n) is 5.01. The predicted octanol–water partition coefficient (Wildman–Crippen LogP) is -0.427. The molecule has 1 aromatic carbocycles. The number of non-ortho nitro benzene ring substituents is 1. The molecule has 128 valence electrons. The number of benzene rings is 1. The van der Waals surface area contributed by atoms with E-state index in [0.29, 0.717) is 31.6 Å². The summed E-state index contributed by atoms with van der Waals surface area (Å²) in [5, 5.41) is 15.9. The van der Waals surface area contributed by atoms with E-state index in [1.807, 2.05) is 0 Å². The third-order valence-electron chi connectivity index (χ3n) is 3.28. The number of nitro benzene ring substituents is 1. The van der Waals surface area contributed by atoms with Crippen LogP contribution in [0.25, 0.3) is 0 Å². The monoisotopic (exact) mass is 336 g/mol. The van der Waals surface area contributed by atoms with Crippen LogP contribution in [-0.2, 0) is 14.4 Å². The molecule has 0 spiro atoms. The molecule has 1 heterocycles. The van der Waals surface area contributed by atoms with Crippen molar-refractivity contribution in [2.75, 3.05) is 31.1 Å². The molecule has 1 aliphatic heterocycles. The van der Waals surface area contributed by atoms with E-state index in [1.165, 1.54) is 17.0 Å². The largest absolute Gasteiger partial charge is 0.423 e. The predicted molar refractivity (Wildman–Crippen MR) is 82.6 cm³/mol. The Morgan fingerprint density at radius 1 is 1.42 bits per heavy atom. The molecule has 10 heteroatoms. The van der Waals surface area contributed by atoms with Crippen LogP contribution in [0.15, 0.2) is 18.2 Å². The number of carbonyl (C=O) groups excluding carboxylic acids is 3. The van der Waals surface area contributed by atoms with Gasteiger partial charge in [0, 0.05) is 19.2 Å². The van der Waals surface area contributed by atoms with Crippen molar-refractivity contribution < 1.29 is 24.0 Å². The maximum Gasteiger partial charge on any atom is 0.331 e. The van der Waals surface area contributed by atoms with Crippen LogP contribution in [0.3, 0.4) is 0 Å². The van der Waals surface area contributed by atoms with Crippen molar-refractivity contribution >= 4 is 29.7 Å². The van der Waals surface area contributed by atoms with Crippen molar-refractivity contribution in [2.45, 2.75) is 6.42 Å². The van der Waals surface area contributed by atoms with Crippen molar-refractivity contribution in [2.24, 2.45) is 0 Å². The second kappa shape index (κ2) is 7.90. The summed E-state index contributed by atoms with van der Waals surface area (Å²) >= 11 is 0. The number of rotatable bonds is 8. The smallest absolute Gasteiger partial charge is 0.331 e. The fourth-order valence-electron chi connectivity index (χ4n) is 2.20. The number of nitro groups is 1. The number of nitrogens with zero attached hydrogens (tertiary/aromatic N) is 2. The Kier molecular flexibility index (Phi) is 5.66. The molecule has 0 unspecified atom stereocenters. The first kappa shape index (κ1) is 17.2. The molecule has 24 heavy (non-hydrogen) atoms. The summed E-state index contributed by atoms with van der Waals surface area (Å²) in [5.41, 5.74) is 0.244. The summed E-state index contributed by atoms with van der Waals surface area (Å²) < 4.78 is 5.00. The molecule has 0 aromatic heterocycles. The van der Waals surface area contributed by atoms with Gasteiger partial charge >= 0.3 is 5.97 Å². The highest BCUT2D eigenvalue weighted by atomic mass is 16.6. The van der Waals surface area contributed by atoms with Crippen LogP contribution in [0, 0.1) is 10.1 Å². The Hall–Kier alpha value is -3.17. The number of hydrogen-bond donors (Lipinski definition) is 2. The minimum Gasteiger partial charge on any atom is -0.423 e. The zero-order chi connectivity index (χ0) is 17.5. The topological polar surface area (TPSA) is 131 Å². The maximum atomic E-state index is 11.9. The second-order valence-corrected chi connectivity index (χ2v) is 5.01. The molecule has 10 nitrogen and oxygen atoms in total. The molecular weight excluding hydrogens is 320 g/mol. The highest BCUT2D eigenvalue weighted by molar-refractivity contribution is 5.89. The first-order valence-electron chi connectivity index (χ1n) is 7.19. The fraction of sp³-hybridized carbons (Fsp3) is 0.357. The van der Waals surface area contributed by atoms with Crippen molar-refractivity contribution in [3.63, 3.8) is 0 Å². The third kappa shape index (κ3) is 4.41. The van der Waals surface area contributed by atoms with E-state index in [2.05, 4.69) is 10.6 Å². The highest BCUT2D eigenvalue weighted by Crippen LogP contribution is 2.34. The lowest BCUT2D eigenvalue weighted by atomic mass is 10.2. The van der Waals surface area contributed by atoms with Crippen LogP contribution in [0.5, 0.6) is 5.75 Å². The third-order valence-corrected chi connectivity index (χ3v) is 3.28. The maximum absolute atomic E-state index is 11.9. The van der Waals surface area contributed by atoms with E-state index < -0.39 is 10.9 Å². The normalized spacial score (nSPS) is 12.8. The fourth-order valence-corrected chi connectivity index (χ4v) is 2.20. The molecule has 2 N–H and O–H groups in total. The van der Waals surface area contributed by atoms with Gasteiger partial charge in [0.05, 0.1) is 23.2 Å². The Labute approximate surface area is 136 Å². The minimum atomic E-state index is -0.592. The summed E-state index contributed by atoms with van der Waals surface area (Å²) in [7, 11) is 0. The molecule has 0 radical (unpaired) electrons. The molecular formula is C14H16N4O6. The van der Waals surface area contributed by atoms with E-state index in [-0.39, 0.29) is 30.4 Å². The van der Waals surface area contributed by atoms with Crippen molar-refractivity contribution in [3.05, 3.63) is 28.3 Å². The standard InChI is InChI=1S/C14H16N4O6/c19-9-15-4-1-5-16-13(20)7-17-8-14(21)24-12-6-10(18(22)23)2-3-11(12)17/h2-3,6,9H,1,4-5,7-8H2,(H,15,19)(H,16,20). The molecule has 0 saturated carbocycles. The van der Waals surface area contributed by atoms with E-state index in [9.17, 15) is 24.5 Å². The number of ether oxygens (including phenoxy) is 1. The number of esters is 1.